The van der Waals surface area contributed by atoms with E-state index in [1.807, 2.05) is 20.8 Å². The van der Waals surface area contributed by atoms with Crippen LogP contribution in [0.15, 0.2) is 0 Å². The zero-order valence-corrected chi connectivity index (χ0v) is 9.42. The van der Waals surface area contributed by atoms with Gasteiger partial charge >= 0.3 is 11.9 Å². The highest BCUT2D eigenvalue weighted by molar-refractivity contribution is 5.70. The number of rotatable bonds is 3. The van der Waals surface area contributed by atoms with Crippen LogP contribution in [0.1, 0.15) is 41.0 Å². The Balaban J connectivity index is 3.89. The van der Waals surface area contributed by atoms with Gasteiger partial charge in [-0.25, -0.2) is 0 Å². The Morgan fingerprint density at radius 1 is 1.21 bits per heavy atom. The van der Waals surface area contributed by atoms with Crippen molar-refractivity contribution in [3.05, 3.63) is 0 Å². The predicted molar refractivity (Wildman–Crippen MR) is 51.4 cm³/mol. The summed E-state index contributed by atoms with van der Waals surface area (Å²) in [5.41, 5.74) is -0.118. The van der Waals surface area contributed by atoms with Crippen LogP contribution in [0.4, 0.5) is 0 Å². The first-order chi connectivity index (χ1) is 6.20. The summed E-state index contributed by atoms with van der Waals surface area (Å²) in [6, 6.07) is 0. The second-order valence-electron chi connectivity index (χ2n) is 4.40. The van der Waals surface area contributed by atoms with Crippen LogP contribution in [-0.2, 0) is 19.1 Å². The second-order valence-corrected chi connectivity index (χ2v) is 4.40. The van der Waals surface area contributed by atoms with Crippen molar-refractivity contribution in [2.24, 2.45) is 5.41 Å². The quantitative estimate of drug-likeness (QED) is 0.518. The summed E-state index contributed by atoms with van der Waals surface area (Å²) in [6.45, 7) is 8.59. The first-order valence-corrected chi connectivity index (χ1v) is 4.57. The van der Waals surface area contributed by atoms with Crippen LogP contribution in [0.2, 0.25) is 0 Å². The monoisotopic (exact) mass is 202 g/mol. The van der Waals surface area contributed by atoms with Crippen LogP contribution in [0.25, 0.3) is 0 Å². The van der Waals surface area contributed by atoms with Gasteiger partial charge in [0.25, 0.3) is 0 Å². The van der Waals surface area contributed by atoms with E-state index in [-0.39, 0.29) is 11.4 Å². The lowest BCUT2D eigenvalue weighted by Gasteiger charge is -2.19. The maximum Gasteiger partial charge on any atom is 0.309 e. The molecule has 1 unspecified atom stereocenters. The molecule has 0 saturated carbocycles. The van der Waals surface area contributed by atoms with Crippen molar-refractivity contribution in [1.82, 2.24) is 0 Å². The molecule has 0 fully saturated rings. The van der Waals surface area contributed by atoms with E-state index < -0.39 is 12.3 Å². The van der Waals surface area contributed by atoms with Crippen LogP contribution < -0.4 is 0 Å². The molecule has 4 nitrogen and oxygen atoms in total. The van der Waals surface area contributed by atoms with Gasteiger partial charge in [0.1, 0.15) is 0 Å². The molecule has 14 heavy (non-hydrogen) atoms. The summed E-state index contributed by atoms with van der Waals surface area (Å²) in [4.78, 5) is 21.7. The fourth-order valence-corrected chi connectivity index (χ4v) is 0.918. The summed E-state index contributed by atoms with van der Waals surface area (Å²) < 4.78 is 9.51. The zero-order valence-electron chi connectivity index (χ0n) is 9.42. The fourth-order valence-electron chi connectivity index (χ4n) is 0.918. The summed E-state index contributed by atoms with van der Waals surface area (Å²) in [6.07, 6.45) is -0.499. The molecular formula is C10H18O4. The van der Waals surface area contributed by atoms with Crippen molar-refractivity contribution in [1.29, 1.82) is 0 Å². The van der Waals surface area contributed by atoms with E-state index in [0.717, 1.165) is 0 Å². The van der Waals surface area contributed by atoms with E-state index >= 15 is 0 Å². The Bertz CT molecular complexity index is 215. The SMILES string of the molecule is CC(=O)OC(C)OC(=O)CC(C)(C)C. The molecule has 0 saturated heterocycles. The van der Waals surface area contributed by atoms with Crippen LogP contribution in [0.5, 0.6) is 0 Å². The third-order valence-corrected chi connectivity index (χ3v) is 1.30. The summed E-state index contributed by atoms with van der Waals surface area (Å²) in [5, 5.41) is 0. The third kappa shape index (κ3) is 7.58. The Hall–Kier alpha value is -1.06. The highest BCUT2D eigenvalue weighted by atomic mass is 16.7. The van der Waals surface area contributed by atoms with Crippen molar-refractivity contribution >= 4 is 11.9 Å². The van der Waals surface area contributed by atoms with Gasteiger partial charge in [-0.1, -0.05) is 20.8 Å². The van der Waals surface area contributed by atoms with Crippen molar-refractivity contribution in [3.8, 4) is 0 Å². The molecule has 0 aromatic heterocycles. The van der Waals surface area contributed by atoms with Crippen LogP contribution in [-0.4, -0.2) is 18.2 Å². The Morgan fingerprint density at radius 3 is 2.07 bits per heavy atom. The van der Waals surface area contributed by atoms with Gasteiger partial charge in [0.15, 0.2) is 0 Å². The number of carbonyl (C=O) groups excluding carboxylic acids is 2. The van der Waals surface area contributed by atoms with Gasteiger partial charge in [0.05, 0.1) is 6.42 Å². The van der Waals surface area contributed by atoms with E-state index in [1.54, 1.807) is 0 Å². The highest BCUT2D eigenvalue weighted by Gasteiger charge is 2.19. The number of ether oxygens (including phenoxy) is 2. The minimum absolute atomic E-state index is 0.118. The number of esters is 2. The van der Waals surface area contributed by atoms with E-state index in [9.17, 15) is 9.59 Å². The van der Waals surface area contributed by atoms with Crippen molar-refractivity contribution < 1.29 is 19.1 Å². The first-order valence-electron chi connectivity index (χ1n) is 4.57. The van der Waals surface area contributed by atoms with Gasteiger partial charge in [0, 0.05) is 13.8 Å². The largest absolute Gasteiger partial charge is 0.426 e. The molecular weight excluding hydrogens is 184 g/mol. The summed E-state index contributed by atoms with van der Waals surface area (Å²) in [7, 11) is 0. The van der Waals surface area contributed by atoms with Crippen molar-refractivity contribution in [2.75, 3.05) is 0 Å². The molecule has 0 heterocycles. The zero-order chi connectivity index (χ0) is 11.4. The maximum atomic E-state index is 11.2. The summed E-state index contributed by atoms with van der Waals surface area (Å²) >= 11 is 0. The second kappa shape index (κ2) is 4.98. The normalized spacial score (nSPS) is 13.2. The lowest BCUT2D eigenvalue weighted by molar-refractivity contribution is -0.184. The molecule has 0 bridgehead atoms. The molecule has 0 rings (SSSR count). The van der Waals surface area contributed by atoms with Crippen LogP contribution in [0.3, 0.4) is 0 Å². The molecule has 0 aliphatic rings. The number of carbonyl (C=O) groups is 2. The average molecular weight is 202 g/mol. The molecule has 0 spiro atoms. The molecule has 1 atom stereocenters. The fraction of sp³-hybridized carbons (Fsp3) is 0.800. The molecule has 0 radical (unpaired) electrons. The molecule has 0 aromatic rings. The van der Waals surface area contributed by atoms with Crippen LogP contribution in [0, 0.1) is 5.41 Å². The van der Waals surface area contributed by atoms with Gasteiger partial charge in [0.2, 0.25) is 6.29 Å². The molecule has 0 N–H and O–H groups in total. The standard InChI is InChI=1S/C10H18O4/c1-7(11)13-8(2)14-9(12)6-10(3,4)5/h8H,6H2,1-5H3. The van der Waals surface area contributed by atoms with Crippen molar-refractivity contribution in [3.63, 3.8) is 0 Å². The summed E-state index contributed by atoms with van der Waals surface area (Å²) in [5.74, 6) is -0.813. The number of hydrogen-bond donors (Lipinski definition) is 0. The van der Waals surface area contributed by atoms with Gasteiger partial charge in [-0.3, -0.25) is 9.59 Å². The van der Waals surface area contributed by atoms with Crippen LogP contribution >= 0.6 is 0 Å². The molecule has 0 amide bonds. The van der Waals surface area contributed by atoms with E-state index in [0.29, 0.717) is 6.42 Å². The van der Waals surface area contributed by atoms with Gasteiger partial charge in [-0.2, -0.15) is 0 Å². The minimum atomic E-state index is -0.803. The highest BCUT2D eigenvalue weighted by Crippen LogP contribution is 2.19. The van der Waals surface area contributed by atoms with E-state index in [1.165, 1.54) is 13.8 Å². The first kappa shape index (κ1) is 12.9. The molecule has 82 valence electrons. The van der Waals surface area contributed by atoms with E-state index in [2.05, 4.69) is 4.74 Å². The van der Waals surface area contributed by atoms with Gasteiger partial charge in [-0.05, 0) is 5.41 Å². The van der Waals surface area contributed by atoms with Gasteiger partial charge < -0.3 is 9.47 Å². The Morgan fingerprint density at radius 2 is 1.71 bits per heavy atom. The lowest BCUT2D eigenvalue weighted by atomic mass is 9.92. The lowest BCUT2D eigenvalue weighted by Crippen LogP contribution is -2.23. The Labute approximate surface area is 84.6 Å². The minimum Gasteiger partial charge on any atom is -0.426 e. The van der Waals surface area contributed by atoms with Crippen molar-refractivity contribution in [2.45, 2.75) is 47.3 Å². The third-order valence-electron chi connectivity index (χ3n) is 1.30. The smallest absolute Gasteiger partial charge is 0.309 e. The molecule has 0 aromatic carbocycles. The van der Waals surface area contributed by atoms with E-state index in [4.69, 9.17) is 4.74 Å². The Kier molecular flexibility index (Phi) is 4.60. The molecule has 0 aliphatic heterocycles. The maximum absolute atomic E-state index is 11.2. The molecule has 4 heteroatoms. The topological polar surface area (TPSA) is 52.6 Å². The molecule has 0 aliphatic carbocycles. The number of hydrogen-bond acceptors (Lipinski definition) is 4. The predicted octanol–water partition coefficient (Wildman–Crippen LogP) is 1.87. The van der Waals surface area contributed by atoms with Gasteiger partial charge in [-0.15, -0.1) is 0 Å². The average Bonchev–Trinajstić information content (AvgIpc) is 1.77.